The van der Waals surface area contributed by atoms with Gasteiger partial charge in [0.1, 0.15) is 12.1 Å². The van der Waals surface area contributed by atoms with Gasteiger partial charge in [0.2, 0.25) is 11.8 Å². The number of carbonyl (C=O) groups is 4. The molecule has 11 nitrogen and oxygen atoms in total. The van der Waals surface area contributed by atoms with Crippen LogP contribution in [0.4, 0.5) is 4.79 Å². The molecule has 0 spiro atoms. The molecule has 1 heterocycles. The van der Waals surface area contributed by atoms with E-state index in [1.54, 1.807) is 39.6 Å². The van der Waals surface area contributed by atoms with Crippen LogP contribution in [0.15, 0.2) is 0 Å². The third-order valence-electron chi connectivity index (χ3n) is 7.06. The summed E-state index contributed by atoms with van der Waals surface area (Å²) in [7, 11) is 4.62. The van der Waals surface area contributed by atoms with E-state index in [0.29, 0.717) is 13.0 Å². The number of alkyl carbamates (subject to hydrolysis) is 1. The fraction of sp³-hybridized carbons (Fsp3) is 0.862. The third kappa shape index (κ3) is 12.0. The average Bonchev–Trinajstić information content (AvgIpc) is 3.35. The number of methoxy groups -OCH3 is 2. The predicted octanol–water partition coefficient (Wildman–Crippen LogP) is 3.93. The van der Waals surface area contributed by atoms with Gasteiger partial charge in [0.15, 0.2) is 0 Å². The Hall–Kier alpha value is -2.40. The van der Waals surface area contributed by atoms with Gasteiger partial charge in [-0.2, -0.15) is 0 Å². The van der Waals surface area contributed by atoms with Crippen molar-refractivity contribution >= 4 is 23.9 Å². The molecule has 1 aliphatic heterocycles. The Morgan fingerprint density at radius 2 is 1.65 bits per heavy atom. The summed E-state index contributed by atoms with van der Waals surface area (Å²) in [5.41, 5.74) is -0.683. The van der Waals surface area contributed by atoms with Crippen molar-refractivity contribution < 1.29 is 38.5 Å². The smallest absolute Gasteiger partial charge is 0.408 e. The first kappa shape index (κ1) is 37.6. The molecule has 0 aromatic carbocycles. The molecule has 0 aromatic rings. The summed E-state index contributed by atoms with van der Waals surface area (Å²) in [5, 5.41) is 12.0. The number of nitrogens with zero attached hydrogens (tertiary/aromatic N) is 2. The Morgan fingerprint density at radius 1 is 1.07 bits per heavy atom. The number of hydrogen-bond acceptors (Lipinski definition) is 7. The highest BCUT2D eigenvalue weighted by molar-refractivity contribution is 5.83. The number of carboxylic acids is 1. The van der Waals surface area contributed by atoms with Crippen LogP contribution in [0.5, 0.6) is 0 Å². The summed E-state index contributed by atoms with van der Waals surface area (Å²) < 4.78 is 16.5. The molecule has 1 rings (SSSR count). The number of amides is 3. The predicted molar refractivity (Wildman–Crippen MR) is 154 cm³/mol. The summed E-state index contributed by atoms with van der Waals surface area (Å²) in [6, 6.07) is -0.773. The van der Waals surface area contributed by atoms with Gasteiger partial charge in [-0.3, -0.25) is 14.4 Å². The second kappa shape index (κ2) is 18.1. The molecule has 40 heavy (non-hydrogen) atoms. The van der Waals surface area contributed by atoms with E-state index in [4.69, 9.17) is 14.2 Å². The molecule has 0 aliphatic carbocycles. The van der Waals surface area contributed by atoms with Crippen LogP contribution >= 0.6 is 0 Å². The van der Waals surface area contributed by atoms with Crippen LogP contribution in [0.2, 0.25) is 0 Å². The minimum absolute atomic E-state index is 0.00126. The Labute approximate surface area is 241 Å². The van der Waals surface area contributed by atoms with E-state index in [0.717, 1.165) is 12.8 Å². The van der Waals surface area contributed by atoms with Gasteiger partial charge in [-0.1, -0.05) is 40.5 Å². The maximum Gasteiger partial charge on any atom is 0.408 e. The average molecular weight is 574 g/mol. The standard InChI is InChI=1S/C26H47N3O8.C3H8/c1-10-16(2)22(28(7)21(31)15-27-25(34)37-26(4,5)6)19(35-8)14-20(30)29-13-11-12-18(29)23(36-9)17(3)24(32)33;1-3-2/h16-19,22-23H,10-15H2,1-9H3,(H,27,34)(H,32,33);3H2,1-2H3. The molecule has 1 fully saturated rings. The van der Waals surface area contributed by atoms with Gasteiger partial charge in [-0.15, -0.1) is 0 Å². The summed E-state index contributed by atoms with van der Waals surface area (Å²) in [6.07, 6.45) is 1.51. The fourth-order valence-electron chi connectivity index (χ4n) is 4.90. The number of carbonyl (C=O) groups excluding carboxylic acids is 3. The zero-order valence-corrected chi connectivity index (χ0v) is 26.6. The molecular formula is C29H55N3O8. The van der Waals surface area contributed by atoms with Crippen LogP contribution in [0.1, 0.15) is 87.5 Å². The van der Waals surface area contributed by atoms with Gasteiger partial charge in [-0.25, -0.2) is 4.79 Å². The molecule has 11 heteroatoms. The van der Waals surface area contributed by atoms with E-state index in [1.807, 2.05) is 13.8 Å². The number of hydrogen-bond donors (Lipinski definition) is 2. The number of aliphatic carboxylic acids is 1. The number of nitrogens with one attached hydrogen (secondary N) is 1. The zero-order chi connectivity index (χ0) is 31.2. The van der Waals surface area contributed by atoms with Gasteiger partial charge in [0.05, 0.1) is 36.6 Å². The van der Waals surface area contributed by atoms with Crippen molar-refractivity contribution in [3.05, 3.63) is 0 Å². The first-order valence-electron chi connectivity index (χ1n) is 14.4. The van der Waals surface area contributed by atoms with Crippen molar-refractivity contribution in [1.82, 2.24) is 15.1 Å². The molecule has 6 atom stereocenters. The van der Waals surface area contributed by atoms with Crippen molar-refractivity contribution in [2.75, 3.05) is 34.4 Å². The molecular weight excluding hydrogens is 518 g/mol. The maximum absolute atomic E-state index is 13.5. The molecule has 0 radical (unpaired) electrons. The number of rotatable bonds is 13. The van der Waals surface area contributed by atoms with Gasteiger partial charge in [-0.05, 0) is 46.5 Å². The van der Waals surface area contributed by atoms with Crippen LogP contribution in [-0.2, 0) is 28.6 Å². The summed E-state index contributed by atoms with van der Waals surface area (Å²) in [4.78, 5) is 53.3. The van der Waals surface area contributed by atoms with E-state index in [1.165, 1.54) is 25.5 Å². The second-order valence-corrected chi connectivity index (χ2v) is 11.5. The maximum atomic E-state index is 13.5. The van der Waals surface area contributed by atoms with Gasteiger partial charge in [0, 0.05) is 27.8 Å². The second-order valence-electron chi connectivity index (χ2n) is 11.5. The van der Waals surface area contributed by atoms with Gasteiger partial charge < -0.3 is 34.4 Å². The highest BCUT2D eigenvalue weighted by Gasteiger charge is 2.41. The van der Waals surface area contributed by atoms with Crippen LogP contribution in [0, 0.1) is 11.8 Å². The molecule has 3 amide bonds. The number of carboxylic acid groups (broad SMARTS) is 1. The Morgan fingerprint density at radius 3 is 2.10 bits per heavy atom. The summed E-state index contributed by atoms with van der Waals surface area (Å²) in [5.74, 6) is -2.25. The van der Waals surface area contributed by atoms with E-state index in [2.05, 4.69) is 19.2 Å². The van der Waals surface area contributed by atoms with Crippen molar-refractivity contribution in [3.63, 3.8) is 0 Å². The van der Waals surface area contributed by atoms with Crippen LogP contribution in [-0.4, -0.2) is 103 Å². The lowest BCUT2D eigenvalue weighted by molar-refractivity contribution is -0.151. The summed E-state index contributed by atoms with van der Waals surface area (Å²) in [6.45, 7) is 15.3. The lowest BCUT2D eigenvalue weighted by Crippen LogP contribution is -2.54. The quantitative estimate of drug-likeness (QED) is 0.338. The topological polar surface area (TPSA) is 135 Å². The molecule has 0 saturated carbocycles. The highest BCUT2D eigenvalue weighted by Crippen LogP contribution is 2.29. The zero-order valence-electron chi connectivity index (χ0n) is 26.6. The van der Waals surface area contributed by atoms with E-state index in [9.17, 15) is 24.3 Å². The minimum atomic E-state index is -0.974. The van der Waals surface area contributed by atoms with Crippen LogP contribution in [0.25, 0.3) is 0 Å². The number of likely N-dealkylation sites (N-methyl/N-ethyl adjacent to an activating group) is 1. The SMILES string of the molecule is CCC.CCC(C)C(C(CC(=O)N1CCCC1C(OC)C(C)C(=O)O)OC)N(C)C(=O)CNC(=O)OC(C)(C)C. The van der Waals surface area contributed by atoms with Crippen molar-refractivity contribution in [1.29, 1.82) is 0 Å². The molecule has 1 saturated heterocycles. The van der Waals surface area contributed by atoms with Gasteiger partial charge >= 0.3 is 12.1 Å². The first-order valence-corrected chi connectivity index (χ1v) is 14.4. The fourth-order valence-corrected chi connectivity index (χ4v) is 4.90. The lowest BCUT2D eigenvalue weighted by Gasteiger charge is -2.39. The van der Waals surface area contributed by atoms with E-state index in [-0.39, 0.29) is 36.7 Å². The third-order valence-corrected chi connectivity index (χ3v) is 7.06. The van der Waals surface area contributed by atoms with Crippen molar-refractivity contribution in [2.24, 2.45) is 11.8 Å². The van der Waals surface area contributed by atoms with Crippen molar-refractivity contribution in [2.45, 2.75) is 117 Å². The Balaban J connectivity index is 0.00000483. The number of likely N-dealkylation sites (tertiary alicyclic amines) is 1. The first-order chi connectivity index (χ1) is 18.6. The largest absolute Gasteiger partial charge is 0.481 e. The number of ether oxygens (including phenoxy) is 3. The molecule has 0 aromatic heterocycles. The minimum Gasteiger partial charge on any atom is -0.481 e. The summed E-state index contributed by atoms with van der Waals surface area (Å²) >= 11 is 0. The van der Waals surface area contributed by atoms with E-state index < -0.39 is 41.8 Å². The molecule has 0 bridgehead atoms. The lowest BCUT2D eigenvalue weighted by atomic mass is 9.90. The van der Waals surface area contributed by atoms with Crippen LogP contribution in [0.3, 0.4) is 0 Å². The van der Waals surface area contributed by atoms with E-state index >= 15 is 0 Å². The monoisotopic (exact) mass is 573 g/mol. The van der Waals surface area contributed by atoms with Crippen molar-refractivity contribution in [3.8, 4) is 0 Å². The van der Waals surface area contributed by atoms with Gasteiger partial charge in [0.25, 0.3) is 0 Å². The Bertz CT molecular complexity index is 801. The molecule has 2 N–H and O–H groups in total. The molecule has 6 unspecified atom stereocenters. The van der Waals surface area contributed by atoms with Crippen LogP contribution < -0.4 is 5.32 Å². The normalized spacial score (nSPS) is 18.9. The molecule has 1 aliphatic rings. The molecule has 234 valence electrons. The Kier molecular flexibility index (Phi) is 17.0. The highest BCUT2D eigenvalue weighted by atomic mass is 16.6.